The van der Waals surface area contributed by atoms with Crippen LogP contribution in [0.1, 0.15) is 90.4 Å². The second-order valence-corrected chi connectivity index (χ2v) is 9.12. The summed E-state index contributed by atoms with van der Waals surface area (Å²) >= 11 is 0. The van der Waals surface area contributed by atoms with E-state index in [2.05, 4.69) is 19.1 Å². The van der Waals surface area contributed by atoms with Crippen LogP contribution in [0.3, 0.4) is 0 Å². The van der Waals surface area contributed by atoms with Gasteiger partial charge >= 0.3 is 13.6 Å². The summed E-state index contributed by atoms with van der Waals surface area (Å²) in [4.78, 5) is 20.9. The highest BCUT2D eigenvalue weighted by Gasteiger charge is 2.33. The van der Waals surface area contributed by atoms with E-state index in [1.165, 1.54) is 44.9 Å². The van der Waals surface area contributed by atoms with Crippen LogP contribution in [0, 0.1) is 0 Å². The summed E-state index contributed by atoms with van der Waals surface area (Å²) in [6.45, 7) is 2.33. The molecule has 0 aromatic carbocycles. The average Bonchev–Trinajstić information content (AvgIpc) is 2.96. The molecule has 0 radical (unpaired) electrons. The Morgan fingerprint density at radius 3 is 2.31 bits per heavy atom. The lowest BCUT2D eigenvalue weighted by molar-refractivity contribution is -0.146. The molecule has 1 fully saturated rings. The Morgan fingerprint density at radius 1 is 1.08 bits per heavy atom. The van der Waals surface area contributed by atoms with Crippen molar-refractivity contribution < 1.29 is 23.5 Å². The Hall–Kier alpha value is -0.640. The third-order valence-electron chi connectivity index (χ3n) is 4.62. The molecule has 26 heavy (non-hydrogen) atoms. The first-order valence-electron chi connectivity index (χ1n) is 10.3. The second-order valence-electron chi connectivity index (χ2n) is 7.19. The van der Waals surface area contributed by atoms with Gasteiger partial charge < -0.3 is 14.2 Å². The maximum absolute atomic E-state index is 11.6. The van der Waals surface area contributed by atoms with Crippen molar-refractivity contribution in [3.63, 3.8) is 0 Å². The van der Waals surface area contributed by atoms with E-state index in [4.69, 9.17) is 9.26 Å². The van der Waals surface area contributed by atoms with Crippen molar-refractivity contribution in [1.29, 1.82) is 0 Å². The number of hydrogen-bond donors (Lipinski definition) is 1. The van der Waals surface area contributed by atoms with E-state index in [-0.39, 0.29) is 18.7 Å². The predicted molar refractivity (Wildman–Crippen MR) is 105 cm³/mol. The number of carbonyl (C=O) groups excluding carboxylic acids is 1. The molecule has 6 heteroatoms. The minimum atomic E-state index is -3.41. The molecule has 2 atom stereocenters. The first-order chi connectivity index (χ1) is 12.5. The maximum atomic E-state index is 11.6. The highest BCUT2D eigenvalue weighted by molar-refractivity contribution is 7.53. The molecular weight excluding hydrogens is 351 g/mol. The third kappa shape index (κ3) is 12.7. The molecule has 1 saturated heterocycles. The van der Waals surface area contributed by atoms with E-state index in [0.717, 1.165) is 25.7 Å². The predicted octanol–water partition coefficient (Wildman–Crippen LogP) is 5.76. The number of carbonyl (C=O) groups is 1. The van der Waals surface area contributed by atoms with Crippen LogP contribution in [-0.4, -0.2) is 29.7 Å². The van der Waals surface area contributed by atoms with Crippen LogP contribution in [-0.2, 0) is 18.6 Å². The molecule has 0 aromatic heterocycles. The summed E-state index contributed by atoms with van der Waals surface area (Å²) in [6.07, 6.45) is 18.4. The Labute approximate surface area is 159 Å². The Balaban J connectivity index is 1.84. The smallest absolute Gasteiger partial charge is 0.328 e. The van der Waals surface area contributed by atoms with Crippen LogP contribution in [0.2, 0.25) is 0 Å². The van der Waals surface area contributed by atoms with E-state index in [9.17, 15) is 14.3 Å². The monoisotopic (exact) mass is 388 g/mol. The van der Waals surface area contributed by atoms with Gasteiger partial charge in [-0.25, -0.2) is 0 Å². The summed E-state index contributed by atoms with van der Waals surface area (Å²) in [6, 6.07) is 0. The molecule has 2 unspecified atom stereocenters. The zero-order valence-electron chi connectivity index (χ0n) is 16.4. The standard InChI is InChI=1S/C20H37O5P/c1-2-3-4-5-6-7-8-9-10-11-12-13-14-15-20(21)24-18-19-16-17-26(22,23)25-19/h7-8,19H,2-6,9-18H2,1H3,(H,22,23)/b8-7+. The lowest BCUT2D eigenvalue weighted by Crippen LogP contribution is -2.17. The quantitative estimate of drug-likeness (QED) is 0.167. The Kier molecular flexibility index (Phi) is 13.0. The van der Waals surface area contributed by atoms with Crippen molar-refractivity contribution in [3.05, 3.63) is 12.2 Å². The van der Waals surface area contributed by atoms with Gasteiger partial charge in [-0.05, 0) is 38.5 Å². The first-order valence-corrected chi connectivity index (χ1v) is 12.1. The van der Waals surface area contributed by atoms with Gasteiger partial charge in [-0.2, -0.15) is 0 Å². The van der Waals surface area contributed by atoms with Gasteiger partial charge in [0.2, 0.25) is 0 Å². The number of rotatable bonds is 15. The SMILES string of the molecule is CCCCCC/C=C/CCCCCCCC(=O)OCC1CCP(=O)(O)O1. The fourth-order valence-corrected chi connectivity index (χ4v) is 4.36. The third-order valence-corrected chi connectivity index (χ3v) is 6.07. The average molecular weight is 388 g/mol. The number of unbranched alkanes of at least 4 members (excludes halogenated alkanes) is 9. The second kappa shape index (κ2) is 14.4. The molecule has 0 spiro atoms. The molecule has 1 rings (SSSR count). The minimum absolute atomic E-state index is 0.0914. The topological polar surface area (TPSA) is 72.8 Å². The van der Waals surface area contributed by atoms with Gasteiger partial charge in [-0.3, -0.25) is 9.36 Å². The number of ether oxygens (including phenoxy) is 1. The van der Waals surface area contributed by atoms with Crippen LogP contribution in [0.15, 0.2) is 12.2 Å². The van der Waals surface area contributed by atoms with E-state index < -0.39 is 13.7 Å². The minimum Gasteiger partial charge on any atom is -0.463 e. The first kappa shape index (κ1) is 23.4. The Morgan fingerprint density at radius 2 is 1.69 bits per heavy atom. The van der Waals surface area contributed by atoms with Gasteiger partial charge in [0, 0.05) is 6.42 Å². The van der Waals surface area contributed by atoms with E-state index in [0.29, 0.717) is 12.8 Å². The fourth-order valence-electron chi connectivity index (χ4n) is 3.00. The molecule has 152 valence electrons. The van der Waals surface area contributed by atoms with Crippen molar-refractivity contribution in [1.82, 2.24) is 0 Å². The van der Waals surface area contributed by atoms with Crippen LogP contribution < -0.4 is 0 Å². The fraction of sp³-hybridized carbons (Fsp3) is 0.850. The van der Waals surface area contributed by atoms with Crippen molar-refractivity contribution in [2.24, 2.45) is 0 Å². The molecule has 0 aliphatic carbocycles. The van der Waals surface area contributed by atoms with Crippen LogP contribution in [0.25, 0.3) is 0 Å². The molecule has 0 amide bonds. The lowest BCUT2D eigenvalue weighted by Gasteiger charge is -2.10. The molecule has 1 N–H and O–H groups in total. The van der Waals surface area contributed by atoms with Gasteiger partial charge in [0.25, 0.3) is 0 Å². The summed E-state index contributed by atoms with van der Waals surface area (Å²) in [5.41, 5.74) is 0. The highest BCUT2D eigenvalue weighted by atomic mass is 31.2. The van der Waals surface area contributed by atoms with Crippen LogP contribution in [0.4, 0.5) is 0 Å². The van der Waals surface area contributed by atoms with Crippen molar-refractivity contribution in [2.45, 2.75) is 96.5 Å². The van der Waals surface area contributed by atoms with Crippen molar-refractivity contribution in [2.75, 3.05) is 12.8 Å². The molecular formula is C20H37O5P. The number of hydrogen-bond acceptors (Lipinski definition) is 4. The van der Waals surface area contributed by atoms with Gasteiger partial charge in [0.05, 0.1) is 6.16 Å². The highest BCUT2D eigenvalue weighted by Crippen LogP contribution is 2.50. The summed E-state index contributed by atoms with van der Waals surface area (Å²) in [5.74, 6) is -0.237. The van der Waals surface area contributed by atoms with E-state index in [1.54, 1.807) is 0 Å². The summed E-state index contributed by atoms with van der Waals surface area (Å²) in [5, 5.41) is 0. The number of esters is 1. The van der Waals surface area contributed by atoms with Gasteiger partial charge in [0.1, 0.15) is 12.7 Å². The summed E-state index contributed by atoms with van der Waals surface area (Å²) in [7, 11) is -3.41. The molecule has 1 heterocycles. The normalized spacial score (nSPS) is 22.9. The Bertz CT molecular complexity index is 449. The van der Waals surface area contributed by atoms with Crippen LogP contribution >= 0.6 is 7.60 Å². The van der Waals surface area contributed by atoms with E-state index >= 15 is 0 Å². The summed E-state index contributed by atoms with van der Waals surface area (Å²) < 4.78 is 21.3. The van der Waals surface area contributed by atoms with Gasteiger partial charge in [0.15, 0.2) is 0 Å². The largest absolute Gasteiger partial charge is 0.463 e. The van der Waals surface area contributed by atoms with Crippen LogP contribution in [0.5, 0.6) is 0 Å². The van der Waals surface area contributed by atoms with Crippen molar-refractivity contribution in [3.8, 4) is 0 Å². The number of allylic oxidation sites excluding steroid dienone is 2. The molecule has 1 aliphatic heterocycles. The zero-order valence-corrected chi connectivity index (χ0v) is 17.3. The molecule has 5 nitrogen and oxygen atoms in total. The zero-order chi connectivity index (χ0) is 19.1. The molecule has 0 saturated carbocycles. The molecule has 1 aliphatic rings. The van der Waals surface area contributed by atoms with Crippen molar-refractivity contribution >= 4 is 13.6 Å². The maximum Gasteiger partial charge on any atom is 0.328 e. The van der Waals surface area contributed by atoms with Gasteiger partial charge in [-0.1, -0.05) is 57.6 Å². The lowest BCUT2D eigenvalue weighted by atomic mass is 10.1. The van der Waals surface area contributed by atoms with E-state index in [1.807, 2.05) is 0 Å². The molecule has 0 bridgehead atoms. The molecule has 0 aromatic rings. The van der Waals surface area contributed by atoms with Gasteiger partial charge in [-0.15, -0.1) is 0 Å².